The van der Waals surface area contributed by atoms with E-state index < -0.39 is 0 Å². The summed E-state index contributed by atoms with van der Waals surface area (Å²) in [6.07, 6.45) is 1.56. The summed E-state index contributed by atoms with van der Waals surface area (Å²) in [7, 11) is 0. The van der Waals surface area contributed by atoms with E-state index in [4.69, 9.17) is 21.3 Å². The quantitative estimate of drug-likeness (QED) is 0.263. The molecule has 0 aliphatic carbocycles. The average molecular weight is 571 g/mol. The van der Waals surface area contributed by atoms with Crippen LogP contribution in [0.2, 0.25) is 5.02 Å². The van der Waals surface area contributed by atoms with Crippen LogP contribution in [-0.4, -0.2) is 42.5 Å². The summed E-state index contributed by atoms with van der Waals surface area (Å²) in [6.45, 7) is 7.46. The first-order chi connectivity index (χ1) is 15.0. The van der Waals surface area contributed by atoms with Crippen molar-refractivity contribution >= 4 is 47.4 Å². The summed E-state index contributed by atoms with van der Waals surface area (Å²) in [5.74, 6) is 1.76. The van der Waals surface area contributed by atoms with Crippen LogP contribution < -0.4 is 15.4 Å². The predicted molar refractivity (Wildman–Crippen MR) is 141 cm³/mol. The van der Waals surface area contributed by atoms with Crippen LogP contribution in [-0.2, 0) is 17.9 Å². The molecule has 0 bridgehead atoms. The minimum absolute atomic E-state index is 0. The Morgan fingerprint density at radius 3 is 2.53 bits per heavy atom. The molecule has 1 amide bonds. The molecule has 1 aliphatic heterocycles. The highest BCUT2D eigenvalue weighted by molar-refractivity contribution is 14.0. The number of hydrogen-bond acceptors (Lipinski definition) is 3. The SMILES string of the molecule is CCNC(=NCc1ccccc1CN1CCCC1=O)NCC(C)Oc1ccc(Cl)cc1.I. The van der Waals surface area contributed by atoms with E-state index in [0.29, 0.717) is 31.1 Å². The number of benzene rings is 2. The van der Waals surface area contributed by atoms with Gasteiger partial charge in [-0.25, -0.2) is 4.99 Å². The number of aliphatic imine (C=N–C) groups is 1. The normalized spacial score (nSPS) is 14.7. The molecule has 1 unspecified atom stereocenters. The fraction of sp³-hybridized carbons (Fsp3) is 0.417. The van der Waals surface area contributed by atoms with E-state index in [0.717, 1.165) is 42.3 Å². The van der Waals surface area contributed by atoms with Crippen LogP contribution in [0.15, 0.2) is 53.5 Å². The van der Waals surface area contributed by atoms with E-state index in [2.05, 4.69) is 22.8 Å². The molecule has 1 heterocycles. The number of hydrogen-bond donors (Lipinski definition) is 2. The fourth-order valence-corrected chi connectivity index (χ4v) is 3.60. The molecule has 174 valence electrons. The van der Waals surface area contributed by atoms with Crippen LogP contribution in [0, 0.1) is 0 Å². The van der Waals surface area contributed by atoms with Gasteiger partial charge in [-0.15, -0.1) is 24.0 Å². The summed E-state index contributed by atoms with van der Waals surface area (Å²) in [5.41, 5.74) is 2.28. The van der Waals surface area contributed by atoms with Crippen molar-refractivity contribution in [2.45, 2.75) is 45.9 Å². The van der Waals surface area contributed by atoms with Crippen molar-refractivity contribution < 1.29 is 9.53 Å². The lowest BCUT2D eigenvalue weighted by Crippen LogP contribution is -2.41. The highest BCUT2D eigenvalue weighted by Crippen LogP contribution is 2.18. The monoisotopic (exact) mass is 570 g/mol. The summed E-state index contributed by atoms with van der Waals surface area (Å²) in [6, 6.07) is 15.5. The maximum absolute atomic E-state index is 12.0. The molecule has 32 heavy (non-hydrogen) atoms. The Bertz CT molecular complexity index is 892. The Labute approximate surface area is 212 Å². The molecule has 6 nitrogen and oxygen atoms in total. The number of amides is 1. The minimum Gasteiger partial charge on any atom is -0.489 e. The van der Waals surface area contributed by atoms with E-state index in [-0.39, 0.29) is 36.0 Å². The Hall–Kier alpha value is -2.00. The van der Waals surface area contributed by atoms with Crippen molar-refractivity contribution in [3.63, 3.8) is 0 Å². The highest BCUT2D eigenvalue weighted by atomic mass is 127. The molecule has 0 radical (unpaired) electrons. The van der Waals surface area contributed by atoms with Gasteiger partial charge in [-0.3, -0.25) is 4.79 Å². The second-order valence-electron chi connectivity index (χ2n) is 7.65. The molecule has 1 aliphatic rings. The van der Waals surface area contributed by atoms with Crippen molar-refractivity contribution in [2.75, 3.05) is 19.6 Å². The van der Waals surface area contributed by atoms with Crippen molar-refractivity contribution in [3.8, 4) is 5.75 Å². The topological polar surface area (TPSA) is 66.0 Å². The molecule has 1 saturated heterocycles. The first-order valence-corrected chi connectivity index (χ1v) is 11.2. The van der Waals surface area contributed by atoms with Crippen LogP contribution in [0.25, 0.3) is 0 Å². The van der Waals surface area contributed by atoms with E-state index in [9.17, 15) is 4.79 Å². The van der Waals surface area contributed by atoms with E-state index in [1.807, 2.05) is 55.1 Å². The van der Waals surface area contributed by atoms with Gasteiger partial charge in [0.1, 0.15) is 11.9 Å². The number of carbonyl (C=O) groups excluding carboxylic acids is 1. The van der Waals surface area contributed by atoms with Gasteiger partial charge in [-0.05, 0) is 55.7 Å². The smallest absolute Gasteiger partial charge is 0.222 e. The molecule has 8 heteroatoms. The van der Waals surface area contributed by atoms with Gasteiger partial charge in [0.2, 0.25) is 5.91 Å². The molecule has 1 atom stereocenters. The zero-order valence-electron chi connectivity index (χ0n) is 18.6. The molecular weight excluding hydrogens is 539 g/mol. The highest BCUT2D eigenvalue weighted by Gasteiger charge is 2.20. The van der Waals surface area contributed by atoms with Gasteiger partial charge in [0.05, 0.1) is 13.1 Å². The largest absolute Gasteiger partial charge is 0.489 e. The van der Waals surface area contributed by atoms with Crippen molar-refractivity contribution in [1.82, 2.24) is 15.5 Å². The molecule has 0 saturated carbocycles. The third-order valence-corrected chi connectivity index (χ3v) is 5.36. The number of nitrogens with one attached hydrogen (secondary N) is 2. The lowest BCUT2D eigenvalue weighted by atomic mass is 10.1. The predicted octanol–water partition coefficient (Wildman–Crippen LogP) is 4.60. The van der Waals surface area contributed by atoms with Crippen LogP contribution in [0.4, 0.5) is 0 Å². The Balaban J connectivity index is 0.00000363. The lowest BCUT2D eigenvalue weighted by Gasteiger charge is -2.19. The van der Waals surface area contributed by atoms with Crippen LogP contribution in [0.1, 0.15) is 37.8 Å². The number of rotatable bonds is 9. The van der Waals surface area contributed by atoms with Gasteiger partial charge in [-0.2, -0.15) is 0 Å². The summed E-state index contributed by atoms with van der Waals surface area (Å²) < 4.78 is 5.92. The van der Waals surface area contributed by atoms with Gasteiger partial charge in [0, 0.05) is 31.1 Å². The van der Waals surface area contributed by atoms with Gasteiger partial charge in [0.15, 0.2) is 5.96 Å². The zero-order chi connectivity index (χ0) is 22.1. The molecule has 1 fully saturated rings. The maximum Gasteiger partial charge on any atom is 0.222 e. The summed E-state index contributed by atoms with van der Waals surface area (Å²) >= 11 is 5.93. The Morgan fingerprint density at radius 1 is 1.16 bits per heavy atom. The number of halogens is 2. The molecule has 2 aromatic carbocycles. The van der Waals surface area contributed by atoms with Crippen molar-refractivity contribution in [3.05, 3.63) is 64.7 Å². The molecule has 2 N–H and O–H groups in total. The number of nitrogens with zero attached hydrogens (tertiary/aromatic N) is 2. The number of carbonyl (C=O) groups is 1. The molecule has 3 rings (SSSR count). The minimum atomic E-state index is -0.0431. The van der Waals surface area contributed by atoms with Crippen LogP contribution in [0.3, 0.4) is 0 Å². The number of ether oxygens (including phenoxy) is 1. The molecular formula is C24H32ClIN4O2. The number of guanidine groups is 1. The Kier molecular flexibility index (Phi) is 11.1. The molecule has 2 aromatic rings. The van der Waals surface area contributed by atoms with Crippen molar-refractivity contribution in [2.24, 2.45) is 4.99 Å². The van der Waals surface area contributed by atoms with Gasteiger partial charge < -0.3 is 20.3 Å². The first kappa shape index (κ1) is 26.3. The third kappa shape index (κ3) is 8.16. The van der Waals surface area contributed by atoms with Crippen LogP contribution in [0.5, 0.6) is 5.75 Å². The second kappa shape index (κ2) is 13.5. The van der Waals surface area contributed by atoms with Gasteiger partial charge in [-0.1, -0.05) is 35.9 Å². The maximum atomic E-state index is 12.0. The lowest BCUT2D eigenvalue weighted by molar-refractivity contribution is -0.128. The fourth-order valence-electron chi connectivity index (χ4n) is 3.48. The Morgan fingerprint density at radius 2 is 1.88 bits per heavy atom. The second-order valence-corrected chi connectivity index (χ2v) is 8.08. The zero-order valence-corrected chi connectivity index (χ0v) is 21.7. The molecule has 0 aromatic heterocycles. The van der Waals surface area contributed by atoms with Gasteiger partial charge in [0.25, 0.3) is 0 Å². The number of likely N-dealkylation sites (tertiary alicyclic amines) is 1. The standard InChI is InChI=1S/C24H31ClN4O2.HI/c1-3-26-24(27-15-18(2)31-22-12-10-21(25)11-13-22)28-16-19-7-4-5-8-20(19)17-29-14-6-9-23(29)30;/h4-5,7-8,10-13,18H,3,6,9,14-17H2,1-2H3,(H2,26,27,28);1H. The third-order valence-electron chi connectivity index (χ3n) is 5.11. The molecule has 0 spiro atoms. The van der Waals surface area contributed by atoms with Gasteiger partial charge >= 0.3 is 0 Å². The van der Waals surface area contributed by atoms with E-state index >= 15 is 0 Å². The first-order valence-electron chi connectivity index (χ1n) is 10.8. The summed E-state index contributed by atoms with van der Waals surface area (Å²) in [5, 5.41) is 7.31. The average Bonchev–Trinajstić information content (AvgIpc) is 3.17. The van der Waals surface area contributed by atoms with E-state index in [1.165, 1.54) is 0 Å². The van der Waals surface area contributed by atoms with Crippen LogP contribution >= 0.6 is 35.6 Å². The summed E-state index contributed by atoms with van der Waals surface area (Å²) in [4.78, 5) is 18.7. The van der Waals surface area contributed by atoms with E-state index in [1.54, 1.807) is 0 Å². The van der Waals surface area contributed by atoms with Crippen molar-refractivity contribution in [1.29, 1.82) is 0 Å².